The third-order valence-corrected chi connectivity index (χ3v) is 10.1. The van der Waals surface area contributed by atoms with Gasteiger partial charge in [-0.25, -0.2) is 8.61 Å². The van der Waals surface area contributed by atoms with Gasteiger partial charge < -0.3 is 10.2 Å². The minimum atomic E-state index is -0.221. The van der Waals surface area contributed by atoms with Crippen molar-refractivity contribution in [3.8, 4) is 0 Å². The number of aliphatic hydroxyl groups excluding tert-OH is 2. The summed E-state index contributed by atoms with van der Waals surface area (Å²) in [7, 11) is 5.41. The molecule has 2 fully saturated rings. The summed E-state index contributed by atoms with van der Waals surface area (Å²) in [5.74, 6) is 0. The summed E-state index contributed by atoms with van der Waals surface area (Å²) < 4.78 is 4.92. The minimum Gasteiger partial charge on any atom is -0.393 e. The lowest BCUT2D eigenvalue weighted by Gasteiger charge is -2.54. The second kappa shape index (κ2) is 7.37. The summed E-state index contributed by atoms with van der Waals surface area (Å²) in [6.45, 7) is 17.8. The van der Waals surface area contributed by atoms with Crippen molar-refractivity contribution in [3.05, 3.63) is 0 Å². The first kappa shape index (κ1) is 22.2. The average Bonchev–Trinajstić information content (AvgIpc) is 2.30. The molecule has 0 spiro atoms. The zero-order chi connectivity index (χ0) is 19.3. The molecule has 0 aliphatic carbocycles. The summed E-state index contributed by atoms with van der Waals surface area (Å²) in [5.41, 5.74) is -0.157. The van der Waals surface area contributed by atoms with Crippen LogP contribution in [0.25, 0.3) is 0 Å². The third-order valence-electron chi connectivity index (χ3n) is 5.35. The maximum absolute atomic E-state index is 10.2. The highest BCUT2D eigenvalue weighted by Gasteiger charge is 2.48. The quantitative estimate of drug-likeness (QED) is 0.508. The first-order chi connectivity index (χ1) is 11.2. The fourth-order valence-corrected chi connectivity index (χ4v) is 10.4. The van der Waals surface area contributed by atoms with Crippen LogP contribution in [0.15, 0.2) is 0 Å². The van der Waals surface area contributed by atoms with Crippen molar-refractivity contribution in [2.45, 2.75) is 115 Å². The molecular weight excluding hydrogens is 372 g/mol. The van der Waals surface area contributed by atoms with Crippen molar-refractivity contribution in [3.63, 3.8) is 0 Å². The van der Waals surface area contributed by atoms with E-state index in [1.807, 2.05) is 0 Å². The van der Waals surface area contributed by atoms with Gasteiger partial charge in [0.2, 0.25) is 0 Å². The van der Waals surface area contributed by atoms with Gasteiger partial charge in [0.05, 0.1) is 12.2 Å². The Morgan fingerprint density at radius 1 is 0.600 bits per heavy atom. The number of hydrogen-bond acceptors (Lipinski definition) is 7. The molecule has 0 saturated carbocycles. The second-order valence-electron chi connectivity index (χ2n) is 10.2. The molecule has 2 N–H and O–H groups in total. The van der Waals surface area contributed by atoms with Gasteiger partial charge in [0.15, 0.2) is 0 Å². The highest BCUT2D eigenvalue weighted by Crippen LogP contribution is 2.54. The number of aliphatic hydroxyl groups is 2. The van der Waals surface area contributed by atoms with Gasteiger partial charge in [-0.2, -0.15) is 0 Å². The van der Waals surface area contributed by atoms with E-state index >= 15 is 0 Å². The molecule has 2 aliphatic rings. The van der Waals surface area contributed by atoms with Gasteiger partial charge in [0.1, 0.15) is 0 Å². The van der Waals surface area contributed by atoms with Gasteiger partial charge in [0.25, 0.3) is 0 Å². The molecule has 0 amide bonds. The zero-order valence-electron chi connectivity index (χ0n) is 17.0. The number of hydrogen-bond donors (Lipinski definition) is 2. The van der Waals surface area contributed by atoms with Crippen LogP contribution in [0.3, 0.4) is 0 Å². The highest BCUT2D eigenvalue weighted by atomic mass is 33.5. The van der Waals surface area contributed by atoms with E-state index in [2.05, 4.69) is 64.0 Å². The van der Waals surface area contributed by atoms with Crippen molar-refractivity contribution in [1.29, 1.82) is 0 Å². The Morgan fingerprint density at radius 2 is 0.840 bits per heavy atom. The smallest absolute Gasteiger partial charge is 0.0575 e. The molecule has 0 aromatic heterocycles. The van der Waals surface area contributed by atoms with Crippen molar-refractivity contribution < 1.29 is 10.2 Å². The van der Waals surface area contributed by atoms with Crippen LogP contribution in [0.5, 0.6) is 0 Å². The Labute approximate surface area is 165 Å². The normalized spacial score (nSPS) is 30.5. The molecule has 0 atom stereocenters. The first-order valence-corrected chi connectivity index (χ1v) is 12.6. The Bertz CT molecular complexity index is 405. The molecule has 0 radical (unpaired) electrons. The number of piperidine rings is 2. The molecule has 0 bridgehead atoms. The summed E-state index contributed by atoms with van der Waals surface area (Å²) in [5, 5.41) is 20.4. The van der Waals surface area contributed by atoms with Crippen molar-refractivity contribution in [2.24, 2.45) is 0 Å². The van der Waals surface area contributed by atoms with Crippen molar-refractivity contribution in [2.75, 3.05) is 0 Å². The van der Waals surface area contributed by atoms with Gasteiger partial charge in [-0.3, -0.25) is 0 Å². The van der Waals surface area contributed by atoms with Crippen LogP contribution in [0.1, 0.15) is 81.1 Å². The number of rotatable bonds is 4. The van der Waals surface area contributed by atoms with E-state index in [0.29, 0.717) is 0 Å². The molecule has 2 saturated heterocycles. The maximum Gasteiger partial charge on any atom is 0.0575 e. The lowest BCUT2D eigenvalue weighted by Crippen LogP contribution is -2.58. The molecule has 0 unspecified atom stereocenters. The molecule has 0 aromatic rings. The van der Waals surface area contributed by atoms with E-state index in [9.17, 15) is 10.2 Å². The third kappa shape index (κ3) is 5.04. The summed E-state index contributed by atoms with van der Waals surface area (Å²) in [4.78, 5) is 0. The van der Waals surface area contributed by atoms with Crippen molar-refractivity contribution in [1.82, 2.24) is 8.61 Å². The molecule has 25 heavy (non-hydrogen) atoms. The van der Waals surface area contributed by atoms with E-state index in [-0.39, 0.29) is 34.4 Å². The van der Waals surface area contributed by atoms with Crippen LogP contribution in [-0.4, -0.2) is 53.2 Å². The fraction of sp³-hybridized carbons (Fsp3) is 1.00. The van der Waals surface area contributed by atoms with Crippen LogP contribution in [-0.2, 0) is 0 Å². The van der Waals surface area contributed by atoms with E-state index in [0.717, 1.165) is 25.7 Å². The molecular formula is C18H36N2O2S3. The lowest BCUT2D eigenvalue weighted by molar-refractivity contribution is -0.0193. The second-order valence-corrected chi connectivity index (χ2v) is 13.9. The molecule has 2 rings (SSSR count). The molecule has 2 heterocycles. The van der Waals surface area contributed by atoms with Gasteiger partial charge in [-0.15, -0.1) is 0 Å². The largest absolute Gasteiger partial charge is 0.393 e. The predicted octanol–water partition coefficient (Wildman–Crippen LogP) is 4.87. The van der Waals surface area contributed by atoms with Crippen LogP contribution in [0, 0.1) is 0 Å². The topological polar surface area (TPSA) is 46.9 Å². The van der Waals surface area contributed by atoms with E-state index in [1.54, 1.807) is 31.8 Å². The lowest BCUT2D eigenvalue weighted by atomic mass is 9.81. The number of nitrogens with zero attached hydrogens (tertiary/aromatic N) is 2. The molecule has 7 heteroatoms. The Kier molecular flexibility index (Phi) is 6.54. The summed E-state index contributed by atoms with van der Waals surface area (Å²) in [6.07, 6.45) is 2.79. The van der Waals surface area contributed by atoms with Crippen LogP contribution < -0.4 is 0 Å². The van der Waals surface area contributed by atoms with Gasteiger partial charge in [0, 0.05) is 53.9 Å². The predicted molar refractivity (Wildman–Crippen MR) is 113 cm³/mol. The zero-order valence-corrected chi connectivity index (χ0v) is 19.4. The first-order valence-electron chi connectivity index (χ1n) is 9.16. The molecule has 148 valence electrons. The Morgan fingerprint density at radius 3 is 1.08 bits per heavy atom. The monoisotopic (exact) mass is 408 g/mol. The van der Waals surface area contributed by atoms with Crippen LogP contribution in [0.2, 0.25) is 0 Å². The molecule has 2 aliphatic heterocycles. The SMILES string of the molecule is CC1(C)CC(O)CC(C)(C)N1SSSN1C(C)(C)CC(O)CC1(C)C. The fourth-order valence-electron chi connectivity index (χ4n) is 4.90. The Hall–Kier alpha value is 0.890. The highest BCUT2D eigenvalue weighted by molar-refractivity contribution is 9.08. The standard InChI is InChI=1S/C18H36N2O2S3/c1-15(2)9-13(21)10-16(3,4)19(15)23-25-24-20-17(5,6)11-14(22)12-18(20,7)8/h13-14,21-22H,9-12H2,1-8H3. The summed E-state index contributed by atoms with van der Waals surface area (Å²) in [6, 6.07) is 0. The summed E-state index contributed by atoms with van der Waals surface area (Å²) >= 11 is 0. The average molecular weight is 409 g/mol. The van der Waals surface area contributed by atoms with Crippen LogP contribution in [0.4, 0.5) is 0 Å². The van der Waals surface area contributed by atoms with Gasteiger partial charge in [-0.1, -0.05) is 0 Å². The van der Waals surface area contributed by atoms with E-state index in [1.165, 1.54) is 0 Å². The maximum atomic E-state index is 10.2. The van der Waals surface area contributed by atoms with Gasteiger partial charge >= 0.3 is 0 Å². The van der Waals surface area contributed by atoms with Gasteiger partial charge in [-0.05, 0) is 81.1 Å². The van der Waals surface area contributed by atoms with E-state index in [4.69, 9.17) is 0 Å². The Balaban J connectivity index is 2.03. The molecule has 4 nitrogen and oxygen atoms in total. The van der Waals surface area contributed by atoms with Crippen molar-refractivity contribution >= 4 is 31.8 Å². The van der Waals surface area contributed by atoms with E-state index < -0.39 is 0 Å². The van der Waals surface area contributed by atoms with Crippen LogP contribution >= 0.6 is 31.8 Å². The molecule has 0 aromatic carbocycles. The minimum absolute atomic E-state index is 0.0392.